The number of carbonyl (C=O) groups is 1. The third kappa shape index (κ3) is 3.52. The number of benzene rings is 1. The molecule has 0 spiro atoms. The Morgan fingerprint density at radius 2 is 1.92 bits per heavy atom. The largest absolute Gasteiger partial charge is 0.337 e. The van der Waals surface area contributed by atoms with E-state index in [1.54, 1.807) is 24.0 Å². The highest BCUT2D eigenvalue weighted by molar-refractivity contribution is 5.94. The van der Waals surface area contributed by atoms with Gasteiger partial charge in [-0.25, -0.2) is 0 Å². The van der Waals surface area contributed by atoms with Gasteiger partial charge in [0.25, 0.3) is 11.5 Å². The number of halogens is 1. The number of aryl methyl sites for hydroxylation is 1. The van der Waals surface area contributed by atoms with Crippen LogP contribution in [0.4, 0.5) is 0 Å². The molecule has 1 saturated heterocycles. The van der Waals surface area contributed by atoms with Gasteiger partial charge in [-0.3, -0.25) is 9.59 Å². The molecular weight excluding hydrogens is 326 g/mol. The predicted molar refractivity (Wildman–Crippen MR) is 96.7 cm³/mol. The zero-order valence-electron chi connectivity index (χ0n) is 13.6. The van der Waals surface area contributed by atoms with Gasteiger partial charge in [0.2, 0.25) is 0 Å². The molecule has 24 heavy (non-hydrogen) atoms. The van der Waals surface area contributed by atoms with E-state index in [-0.39, 0.29) is 41.3 Å². The molecule has 3 N–H and O–H groups in total. The van der Waals surface area contributed by atoms with E-state index in [0.717, 1.165) is 5.69 Å². The smallest absolute Gasteiger partial charge is 0.260 e. The molecule has 1 fully saturated rings. The maximum atomic E-state index is 12.7. The summed E-state index contributed by atoms with van der Waals surface area (Å²) in [4.78, 5) is 29.1. The standard InChI is InChI=1S/C18H21N3O2.ClH/c1-12-7-8-15(17(22)20-12)18(23)21-10-14(9-19)16(11-21)13-5-3-2-4-6-13;/h2-8,14,16H,9-11,19H2,1H3,(H,20,22);1H/t14-,16+;/m1./s1. The fourth-order valence-electron chi connectivity index (χ4n) is 3.26. The van der Waals surface area contributed by atoms with E-state index >= 15 is 0 Å². The van der Waals surface area contributed by atoms with E-state index < -0.39 is 0 Å². The summed E-state index contributed by atoms with van der Waals surface area (Å²) in [5, 5.41) is 0. The molecule has 5 nitrogen and oxygen atoms in total. The predicted octanol–water partition coefficient (Wildman–Crippen LogP) is 1.92. The van der Waals surface area contributed by atoms with Crippen molar-refractivity contribution in [2.24, 2.45) is 11.7 Å². The topological polar surface area (TPSA) is 79.2 Å². The Balaban J connectivity index is 0.00000208. The Hall–Kier alpha value is -2.11. The van der Waals surface area contributed by atoms with Crippen molar-refractivity contribution in [3.8, 4) is 0 Å². The average molecular weight is 348 g/mol. The number of aromatic amines is 1. The van der Waals surface area contributed by atoms with E-state index in [1.165, 1.54) is 5.56 Å². The summed E-state index contributed by atoms with van der Waals surface area (Å²) in [6, 6.07) is 13.5. The van der Waals surface area contributed by atoms with Crippen LogP contribution >= 0.6 is 12.4 Å². The first kappa shape index (κ1) is 18.2. The molecule has 0 bridgehead atoms. The lowest BCUT2D eigenvalue weighted by Gasteiger charge is -2.16. The number of nitrogens with two attached hydrogens (primary N) is 1. The molecule has 1 aromatic carbocycles. The minimum absolute atomic E-state index is 0. The van der Waals surface area contributed by atoms with Gasteiger partial charge in [0.1, 0.15) is 5.56 Å². The van der Waals surface area contributed by atoms with Crippen molar-refractivity contribution in [3.63, 3.8) is 0 Å². The molecule has 1 aliphatic rings. The van der Waals surface area contributed by atoms with E-state index in [9.17, 15) is 9.59 Å². The second-order valence-corrected chi connectivity index (χ2v) is 6.11. The Morgan fingerprint density at radius 1 is 1.21 bits per heavy atom. The van der Waals surface area contributed by atoms with E-state index in [4.69, 9.17) is 5.73 Å². The van der Waals surface area contributed by atoms with Gasteiger partial charge in [0, 0.05) is 24.7 Å². The summed E-state index contributed by atoms with van der Waals surface area (Å²) in [5.74, 6) is 0.212. The summed E-state index contributed by atoms with van der Waals surface area (Å²) in [5.41, 5.74) is 7.71. The lowest BCUT2D eigenvalue weighted by atomic mass is 9.89. The number of H-pyrrole nitrogens is 1. The zero-order chi connectivity index (χ0) is 16.4. The number of hydrogen-bond acceptors (Lipinski definition) is 3. The summed E-state index contributed by atoms with van der Waals surface area (Å²) >= 11 is 0. The number of carbonyl (C=O) groups excluding carboxylic acids is 1. The third-order valence-corrected chi connectivity index (χ3v) is 4.54. The maximum Gasteiger partial charge on any atom is 0.260 e. The lowest BCUT2D eigenvalue weighted by Crippen LogP contribution is -2.33. The average Bonchev–Trinajstić information content (AvgIpc) is 2.99. The minimum Gasteiger partial charge on any atom is -0.337 e. The van der Waals surface area contributed by atoms with Crippen LogP contribution in [0.5, 0.6) is 0 Å². The molecule has 2 heterocycles. The first-order chi connectivity index (χ1) is 11.1. The molecule has 2 aromatic rings. The van der Waals surface area contributed by atoms with Crippen LogP contribution in [0.15, 0.2) is 47.3 Å². The molecule has 1 aliphatic heterocycles. The summed E-state index contributed by atoms with van der Waals surface area (Å²) in [6.45, 7) is 3.50. The molecule has 3 rings (SSSR count). The fraction of sp³-hybridized carbons (Fsp3) is 0.333. The van der Waals surface area contributed by atoms with E-state index in [0.29, 0.717) is 19.6 Å². The van der Waals surface area contributed by atoms with Crippen molar-refractivity contribution in [2.75, 3.05) is 19.6 Å². The Bertz CT molecular complexity index is 760. The number of aromatic nitrogens is 1. The Kier molecular flexibility index (Phi) is 5.80. The van der Waals surface area contributed by atoms with Crippen molar-refractivity contribution in [3.05, 3.63) is 69.6 Å². The minimum atomic E-state index is -0.331. The van der Waals surface area contributed by atoms with Gasteiger partial charge in [0.15, 0.2) is 0 Å². The quantitative estimate of drug-likeness (QED) is 0.890. The highest BCUT2D eigenvalue weighted by atomic mass is 35.5. The number of nitrogens with zero attached hydrogens (tertiary/aromatic N) is 1. The van der Waals surface area contributed by atoms with Gasteiger partial charge in [0.05, 0.1) is 0 Å². The first-order valence-electron chi connectivity index (χ1n) is 7.84. The molecule has 1 aromatic heterocycles. The Labute approximate surface area is 147 Å². The van der Waals surface area contributed by atoms with Crippen LogP contribution in [0.1, 0.15) is 27.5 Å². The van der Waals surface area contributed by atoms with Crippen LogP contribution in [0.3, 0.4) is 0 Å². The third-order valence-electron chi connectivity index (χ3n) is 4.54. The number of rotatable bonds is 3. The summed E-state index contributed by atoms with van der Waals surface area (Å²) < 4.78 is 0. The summed E-state index contributed by atoms with van der Waals surface area (Å²) in [7, 11) is 0. The molecule has 6 heteroatoms. The second-order valence-electron chi connectivity index (χ2n) is 6.11. The van der Waals surface area contributed by atoms with E-state index in [2.05, 4.69) is 17.1 Å². The maximum absolute atomic E-state index is 12.7. The van der Waals surface area contributed by atoms with Crippen molar-refractivity contribution in [1.82, 2.24) is 9.88 Å². The van der Waals surface area contributed by atoms with Crippen LogP contribution < -0.4 is 11.3 Å². The highest BCUT2D eigenvalue weighted by Crippen LogP contribution is 2.32. The normalized spacial score (nSPS) is 19.8. The van der Waals surface area contributed by atoms with Gasteiger partial charge in [-0.15, -0.1) is 12.4 Å². The van der Waals surface area contributed by atoms with Crippen LogP contribution in [0.25, 0.3) is 0 Å². The molecule has 0 saturated carbocycles. The number of hydrogen-bond donors (Lipinski definition) is 2. The van der Waals surface area contributed by atoms with Crippen molar-refractivity contribution >= 4 is 18.3 Å². The highest BCUT2D eigenvalue weighted by Gasteiger charge is 2.36. The number of amides is 1. The number of likely N-dealkylation sites (tertiary alicyclic amines) is 1. The molecule has 0 aliphatic carbocycles. The molecule has 2 atom stereocenters. The van der Waals surface area contributed by atoms with Gasteiger partial charge in [-0.2, -0.15) is 0 Å². The van der Waals surface area contributed by atoms with Crippen LogP contribution in [-0.4, -0.2) is 35.4 Å². The van der Waals surface area contributed by atoms with Crippen molar-refractivity contribution < 1.29 is 4.79 Å². The molecule has 128 valence electrons. The molecule has 0 radical (unpaired) electrons. The van der Waals surface area contributed by atoms with Crippen LogP contribution in [0, 0.1) is 12.8 Å². The monoisotopic (exact) mass is 347 g/mol. The molecular formula is C18H22ClN3O2. The zero-order valence-corrected chi connectivity index (χ0v) is 14.4. The van der Waals surface area contributed by atoms with Crippen LogP contribution in [-0.2, 0) is 0 Å². The van der Waals surface area contributed by atoms with Gasteiger partial charge >= 0.3 is 0 Å². The van der Waals surface area contributed by atoms with E-state index in [1.807, 2.05) is 18.2 Å². The summed E-state index contributed by atoms with van der Waals surface area (Å²) in [6.07, 6.45) is 0. The lowest BCUT2D eigenvalue weighted by molar-refractivity contribution is 0.0784. The number of nitrogens with one attached hydrogen (secondary N) is 1. The van der Waals surface area contributed by atoms with Crippen LogP contribution in [0.2, 0.25) is 0 Å². The Morgan fingerprint density at radius 3 is 2.54 bits per heavy atom. The number of pyridine rings is 1. The first-order valence-corrected chi connectivity index (χ1v) is 7.84. The van der Waals surface area contributed by atoms with Gasteiger partial charge < -0.3 is 15.6 Å². The second kappa shape index (κ2) is 7.64. The SMILES string of the molecule is Cc1ccc(C(=O)N2C[C@@H](CN)[C@H](c3ccccc3)C2)c(=O)[nH]1.Cl. The van der Waals surface area contributed by atoms with Crippen molar-refractivity contribution in [2.45, 2.75) is 12.8 Å². The van der Waals surface area contributed by atoms with Gasteiger partial charge in [-0.05, 0) is 37.1 Å². The molecule has 0 unspecified atom stereocenters. The van der Waals surface area contributed by atoms with Crippen molar-refractivity contribution in [1.29, 1.82) is 0 Å². The fourth-order valence-corrected chi connectivity index (χ4v) is 3.26. The van der Waals surface area contributed by atoms with Gasteiger partial charge in [-0.1, -0.05) is 30.3 Å². The molecule has 1 amide bonds.